The number of aromatic nitrogens is 2. The van der Waals surface area contributed by atoms with E-state index in [-0.39, 0.29) is 16.5 Å². The zero-order valence-corrected chi connectivity index (χ0v) is 14.5. The molecular weight excluding hydrogens is 378 g/mol. The summed E-state index contributed by atoms with van der Waals surface area (Å²) in [6, 6.07) is 12.4. The first-order valence-electron chi connectivity index (χ1n) is 7.78. The normalized spacial score (nSPS) is 10.5. The van der Waals surface area contributed by atoms with Crippen LogP contribution in [0.1, 0.15) is 26.4 Å². The molecule has 0 unspecified atom stereocenters. The topological polar surface area (TPSA) is 86.9 Å². The van der Waals surface area contributed by atoms with Crippen LogP contribution in [0.2, 0.25) is 5.02 Å². The minimum Gasteiger partial charge on any atom is -0.347 e. The molecule has 0 atom stereocenters. The predicted octanol–water partition coefficient (Wildman–Crippen LogP) is 3.52. The molecule has 1 aromatic heterocycles. The Morgan fingerprint density at radius 2 is 1.81 bits per heavy atom. The fourth-order valence-electron chi connectivity index (χ4n) is 2.29. The van der Waals surface area contributed by atoms with Gasteiger partial charge < -0.3 is 10.6 Å². The van der Waals surface area contributed by atoms with Crippen molar-refractivity contribution in [3.63, 3.8) is 0 Å². The summed E-state index contributed by atoms with van der Waals surface area (Å²) < 4.78 is 27.6. The van der Waals surface area contributed by atoms with E-state index in [9.17, 15) is 18.4 Å². The molecule has 6 nitrogen and oxygen atoms in total. The molecule has 1 heterocycles. The highest BCUT2D eigenvalue weighted by molar-refractivity contribution is 6.31. The van der Waals surface area contributed by atoms with Crippen LogP contribution in [-0.2, 0) is 6.54 Å². The maximum absolute atomic E-state index is 13.9. The summed E-state index contributed by atoms with van der Waals surface area (Å²) in [6.45, 7) is 0.299. The van der Waals surface area contributed by atoms with Crippen LogP contribution in [-0.4, -0.2) is 22.0 Å². The fourth-order valence-corrected chi connectivity index (χ4v) is 2.45. The quantitative estimate of drug-likeness (QED) is 0.582. The van der Waals surface area contributed by atoms with Gasteiger partial charge in [-0.05, 0) is 17.7 Å². The highest BCUT2D eigenvalue weighted by Crippen LogP contribution is 2.22. The van der Waals surface area contributed by atoms with Gasteiger partial charge in [-0.3, -0.25) is 14.7 Å². The lowest BCUT2D eigenvalue weighted by Gasteiger charge is -2.06. The number of benzene rings is 2. The van der Waals surface area contributed by atoms with E-state index in [1.54, 1.807) is 0 Å². The molecule has 0 radical (unpaired) electrons. The van der Waals surface area contributed by atoms with Crippen molar-refractivity contribution >= 4 is 29.2 Å². The summed E-state index contributed by atoms with van der Waals surface area (Å²) in [5.74, 6) is -3.77. The van der Waals surface area contributed by atoms with Gasteiger partial charge in [0.1, 0.15) is 17.2 Å². The zero-order chi connectivity index (χ0) is 19.4. The molecule has 0 aliphatic rings. The van der Waals surface area contributed by atoms with Crippen LogP contribution in [0.4, 0.5) is 14.6 Å². The number of carbonyl (C=O) groups excluding carboxylic acids is 2. The second-order valence-corrected chi connectivity index (χ2v) is 5.91. The molecular formula is C18H13ClF2N4O2. The highest BCUT2D eigenvalue weighted by Gasteiger charge is 2.21. The Bertz CT molecular complexity index is 992. The minimum atomic E-state index is -1.17. The van der Waals surface area contributed by atoms with Crippen molar-refractivity contribution in [2.45, 2.75) is 6.54 Å². The number of aromatic amines is 1. The number of rotatable bonds is 5. The maximum atomic E-state index is 13.9. The molecule has 0 aliphatic carbocycles. The minimum absolute atomic E-state index is 0.00337. The Kier molecular flexibility index (Phi) is 5.46. The monoisotopic (exact) mass is 390 g/mol. The predicted molar refractivity (Wildman–Crippen MR) is 95.5 cm³/mol. The van der Waals surface area contributed by atoms with Crippen molar-refractivity contribution in [1.29, 1.82) is 0 Å². The van der Waals surface area contributed by atoms with Gasteiger partial charge in [-0.1, -0.05) is 41.9 Å². The van der Waals surface area contributed by atoms with E-state index in [2.05, 4.69) is 20.8 Å². The van der Waals surface area contributed by atoms with Gasteiger partial charge in [0, 0.05) is 12.6 Å². The summed E-state index contributed by atoms with van der Waals surface area (Å²) in [4.78, 5) is 24.2. The largest absolute Gasteiger partial charge is 0.347 e. The average Bonchev–Trinajstić information content (AvgIpc) is 3.12. The SMILES string of the molecule is O=C(NCc1ccccc1)c1cc(NC(=O)c2c(F)ccc(Cl)c2F)[nH]n1. The lowest BCUT2D eigenvalue weighted by atomic mass is 10.2. The van der Waals surface area contributed by atoms with E-state index in [1.807, 2.05) is 30.3 Å². The Balaban J connectivity index is 1.66. The van der Waals surface area contributed by atoms with Crippen LogP contribution < -0.4 is 10.6 Å². The highest BCUT2D eigenvalue weighted by atomic mass is 35.5. The molecule has 2 amide bonds. The fraction of sp³-hybridized carbons (Fsp3) is 0.0556. The van der Waals surface area contributed by atoms with Crippen molar-refractivity contribution in [2.75, 3.05) is 5.32 Å². The van der Waals surface area contributed by atoms with Crippen molar-refractivity contribution in [2.24, 2.45) is 0 Å². The third kappa shape index (κ3) is 4.29. The van der Waals surface area contributed by atoms with Crippen LogP contribution in [0.3, 0.4) is 0 Å². The number of amides is 2. The van der Waals surface area contributed by atoms with Crippen molar-refractivity contribution in [3.05, 3.63) is 82.0 Å². The van der Waals surface area contributed by atoms with Gasteiger partial charge >= 0.3 is 0 Å². The molecule has 0 saturated heterocycles. The number of hydrogen-bond donors (Lipinski definition) is 3. The second-order valence-electron chi connectivity index (χ2n) is 5.51. The van der Waals surface area contributed by atoms with Crippen molar-refractivity contribution < 1.29 is 18.4 Å². The van der Waals surface area contributed by atoms with E-state index < -0.39 is 29.0 Å². The third-order valence-corrected chi connectivity index (χ3v) is 3.92. The second kappa shape index (κ2) is 7.96. The van der Waals surface area contributed by atoms with E-state index in [0.29, 0.717) is 6.54 Å². The molecule has 0 bridgehead atoms. The standard InChI is InChI=1S/C18H13ClF2N4O2/c19-11-6-7-12(20)15(16(11)21)18(27)23-14-8-13(24-25-14)17(26)22-9-10-4-2-1-3-5-10/h1-8H,9H2,(H,22,26)(H2,23,24,25,27). The molecule has 2 aromatic carbocycles. The lowest BCUT2D eigenvalue weighted by molar-refractivity contribution is 0.0944. The Labute approximate surface area is 157 Å². The van der Waals surface area contributed by atoms with Crippen molar-refractivity contribution in [1.82, 2.24) is 15.5 Å². The zero-order valence-electron chi connectivity index (χ0n) is 13.7. The van der Waals surface area contributed by atoms with Gasteiger partial charge in [0.2, 0.25) is 0 Å². The van der Waals surface area contributed by atoms with Crippen LogP contribution in [0.25, 0.3) is 0 Å². The maximum Gasteiger partial charge on any atom is 0.272 e. The van der Waals surface area contributed by atoms with Crippen LogP contribution in [0, 0.1) is 11.6 Å². The first-order valence-corrected chi connectivity index (χ1v) is 8.16. The van der Waals surface area contributed by atoms with Crippen molar-refractivity contribution in [3.8, 4) is 0 Å². The molecule has 138 valence electrons. The van der Waals surface area contributed by atoms with Gasteiger partial charge in [-0.25, -0.2) is 8.78 Å². The molecule has 3 N–H and O–H groups in total. The number of halogens is 3. The molecule has 9 heteroatoms. The van der Waals surface area contributed by atoms with Gasteiger partial charge in [-0.15, -0.1) is 0 Å². The number of nitrogens with one attached hydrogen (secondary N) is 3. The van der Waals surface area contributed by atoms with E-state index in [4.69, 9.17) is 11.6 Å². The number of hydrogen-bond acceptors (Lipinski definition) is 3. The Morgan fingerprint density at radius 1 is 1.07 bits per heavy atom. The molecule has 0 aliphatic heterocycles. The van der Waals surface area contributed by atoms with E-state index in [1.165, 1.54) is 6.07 Å². The first-order chi connectivity index (χ1) is 13.0. The van der Waals surface area contributed by atoms with Gasteiger partial charge in [0.25, 0.3) is 11.8 Å². The van der Waals surface area contributed by atoms with Gasteiger partial charge in [0.05, 0.1) is 5.02 Å². The molecule has 0 spiro atoms. The molecule has 3 aromatic rings. The summed E-state index contributed by atoms with van der Waals surface area (Å²) in [6.07, 6.45) is 0. The number of H-pyrrole nitrogens is 1. The average molecular weight is 391 g/mol. The van der Waals surface area contributed by atoms with Crippen LogP contribution >= 0.6 is 11.6 Å². The number of anilines is 1. The van der Waals surface area contributed by atoms with Crippen LogP contribution in [0.15, 0.2) is 48.5 Å². The Hall–Kier alpha value is -3.26. The lowest BCUT2D eigenvalue weighted by Crippen LogP contribution is -2.23. The van der Waals surface area contributed by atoms with E-state index in [0.717, 1.165) is 17.7 Å². The summed E-state index contributed by atoms with van der Waals surface area (Å²) in [5.41, 5.74) is 0.0854. The molecule has 27 heavy (non-hydrogen) atoms. The smallest absolute Gasteiger partial charge is 0.272 e. The molecule has 0 saturated carbocycles. The first kappa shape index (κ1) is 18.5. The Morgan fingerprint density at radius 3 is 2.56 bits per heavy atom. The van der Waals surface area contributed by atoms with E-state index >= 15 is 0 Å². The van der Waals surface area contributed by atoms with Gasteiger partial charge in [0.15, 0.2) is 11.5 Å². The van der Waals surface area contributed by atoms with Crippen LogP contribution in [0.5, 0.6) is 0 Å². The molecule has 0 fully saturated rings. The molecule has 3 rings (SSSR count). The third-order valence-electron chi connectivity index (χ3n) is 3.63. The number of nitrogens with zero attached hydrogens (tertiary/aromatic N) is 1. The number of carbonyl (C=O) groups is 2. The summed E-state index contributed by atoms with van der Waals surface area (Å²) >= 11 is 5.57. The van der Waals surface area contributed by atoms with Gasteiger partial charge in [-0.2, -0.15) is 5.10 Å². The summed E-state index contributed by atoms with van der Waals surface area (Å²) in [5, 5.41) is 10.7. The summed E-state index contributed by atoms with van der Waals surface area (Å²) in [7, 11) is 0.